The smallest absolute Gasteiger partial charge is 0.220 e. The summed E-state index contributed by atoms with van der Waals surface area (Å²) in [7, 11) is 1.67. The molecular weight excluding hydrogens is 190 g/mol. The molecule has 1 amide bonds. The Labute approximate surface area is 93.6 Å². The molecule has 0 aromatic carbocycles. The van der Waals surface area contributed by atoms with Crippen molar-refractivity contribution >= 4 is 5.91 Å². The number of carbonyl (C=O) groups is 1. The first-order valence-electron chi connectivity index (χ1n) is 5.93. The SMILES string of the molecule is CCC(CC)CNC(=O)CCC(C)OC. The highest BCUT2D eigenvalue weighted by atomic mass is 16.5. The van der Waals surface area contributed by atoms with Gasteiger partial charge in [-0.3, -0.25) is 4.79 Å². The van der Waals surface area contributed by atoms with Gasteiger partial charge in [-0.05, 0) is 19.3 Å². The van der Waals surface area contributed by atoms with Gasteiger partial charge in [0.2, 0.25) is 5.91 Å². The first kappa shape index (κ1) is 14.4. The quantitative estimate of drug-likeness (QED) is 0.675. The molecule has 3 heteroatoms. The van der Waals surface area contributed by atoms with Gasteiger partial charge in [0.15, 0.2) is 0 Å². The van der Waals surface area contributed by atoms with Crippen LogP contribution >= 0.6 is 0 Å². The summed E-state index contributed by atoms with van der Waals surface area (Å²) in [5.74, 6) is 0.764. The molecule has 1 N–H and O–H groups in total. The average Bonchev–Trinajstić information content (AvgIpc) is 2.27. The van der Waals surface area contributed by atoms with E-state index in [2.05, 4.69) is 19.2 Å². The number of methoxy groups -OCH3 is 1. The van der Waals surface area contributed by atoms with Gasteiger partial charge in [-0.15, -0.1) is 0 Å². The van der Waals surface area contributed by atoms with E-state index in [-0.39, 0.29) is 12.0 Å². The van der Waals surface area contributed by atoms with Crippen molar-refractivity contribution in [3.8, 4) is 0 Å². The van der Waals surface area contributed by atoms with E-state index in [9.17, 15) is 4.79 Å². The third kappa shape index (κ3) is 7.37. The third-order valence-electron chi connectivity index (χ3n) is 2.92. The molecule has 0 aliphatic carbocycles. The fourth-order valence-corrected chi connectivity index (χ4v) is 1.38. The molecule has 0 radical (unpaired) electrons. The van der Waals surface area contributed by atoms with E-state index < -0.39 is 0 Å². The summed E-state index contributed by atoms with van der Waals surface area (Å²) in [6, 6.07) is 0. The minimum atomic E-state index is 0.144. The van der Waals surface area contributed by atoms with Crippen molar-refractivity contribution in [3.63, 3.8) is 0 Å². The number of hydrogen-bond acceptors (Lipinski definition) is 2. The van der Waals surface area contributed by atoms with Crippen LogP contribution in [0.5, 0.6) is 0 Å². The van der Waals surface area contributed by atoms with Crippen molar-refractivity contribution < 1.29 is 9.53 Å². The van der Waals surface area contributed by atoms with Crippen LogP contribution < -0.4 is 5.32 Å². The van der Waals surface area contributed by atoms with Crippen molar-refractivity contribution in [2.75, 3.05) is 13.7 Å². The first-order chi connectivity index (χ1) is 7.13. The molecule has 15 heavy (non-hydrogen) atoms. The molecule has 0 heterocycles. The van der Waals surface area contributed by atoms with E-state index in [0.29, 0.717) is 12.3 Å². The molecule has 0 aliphatic rings. The molecule has 0 bridgehead atoms. The lowest BCUT2D eigenvalue weighted by Gasteiger charge is -2.14. The Morgan fingerprint density at radius 2 is 1.93 bits per heavy atom. The summed E-state index contributed by atoms with van der Waals surface area (Å²) in [5, 5.41) is 2.97. The molecule has 90 valence electrons. The van der Waals surface area contributed by atoms with Gasteiger partial charge in [-0.2, -0.15) is 0 Å². The predicted octanol–water partition coefficient (Wildman–Crippen LogP) is 2.35. The second kappa shape index (κ2) is 8.72. The summed E-state index contributed by atoms with van der Waals surface area (Å²) in [6.45, 7) is 7.11. The fraction of sp³-hybridized carbons (Fsp3) is 0.917. The molecule has 0 spiro atoms. The number of amides is 1. The lowest BCUT2D eigenvalue weighted by Crippen LogP contribution is -2.29. The van der Waals surface area contributed by atoms with Crippen molar-refractivity contribution in [3.05, 3.63) is 0 Å². The predicted molar refractivity (Wildman–Crippen MR) is 62.8 cm³/mol. The number of rotatable bonds is 8. The molecule has 0 aliphatic heterocycles. The molecule has 0 saturated heterocycles. The average molecular weight is 215 g/mol. The van der Waals surface area contributed by atoms with Crippen molar-refractivity contribution in [2.45, 2.75) is 52.6 Å². The molecule has 0 aromatic heterocycles. The largest absolute Gasteiger partial charge is 0.382 e. The fourth-order valence-electron chi connectivity index (χ4n) is 1.38. The number of hydrogen-bond donors (Lipinski definition) is 1. The van der Waals surface area contributed by atoms with Crippen LogP contribution in [0.3, 0.4) is 0 Å². The van der Waals surface area contributed by atoms with Gasteiger partial charge in [0.05, 0.1) is 6.10 Å². The van der Waals surface area contributed by atoms with Crippen LogP contribution in [-0.4, -0.2) is 25.7 Å². The van der Waals surface area contributed by atoms with E-state index in [0.717, 1.165) is 25.8 Å². The van der Waals surface area contributed by atoms with Crippen LogP contribution in [0.25, 0.3) is 0 Å². The Hall–Kier alpha value is -0.570. The Balaban J connectivity index is 3.56. The van der Waals surface area contributed by atoms with Gasteiger partial charge in [0.1, 0.15) is 0 Å². The van der Waals surface area contributed by atoms with Crippen molar-refractivity contribution in [2.24, 2.45) is 5.92 Å². The first-order valence-corrected chi connectivity index (χ1v) is 5.93. The second-order valence-corrected chi connectivity index (χ2v) is 4.07. The summed E-state index contributed by atoms with van der Waals surface area (Å²) in [4.78, 5) is 11.4. The Morgan fingerprint density at radius 3 is 2.40 bits per heavy atom. The normalized spacial score (nSPS) is 12.9. The maximum Gasteiger partial charge on any atom is 0.220 e. The highest BCUT2D eigenvalue weighted by Gasteiger charge is 2.08. The summed E-state index contributed by atoms with van der Waals surface area (Å²) in [6.07, 6.45) is 3.79. The van der Waals surface area contributed by atoms with Crippen LogP contribution in [0.2, 0.25) is 0 Å². The zero-order valence-electron chi connectivity index (χ0n) is 10.5. The van der Waals surface area contributed by atoms with E-state index in [1.807, 2.05) is 6.92 Å². The van der Waals surface area contributed by atoms with Crippen LogP contribution in [0.4, 0.5) is 0 Å². The van der Waals surface area contributed by atoms with Gasteiger partial charge in [0.25, 0.3) is 0 Å². The Bertz CT molecular complexity index is 167. The molecule has 0 saturated carbocycles. The van der Waals surface area contributed by atoms with Crippen LogP contribution in [-0.2, 0) is 9.53 Å². The molecule has 1 atom stereocenters. The second-order valence-electron chi connectivity index (χ2n) is 4.07. The van der Waals surface area contributed by atoms with Crippen LogP contribution in [0, 0.1) is 5.92 Å². The maximum absolute atomic E-state index is 11.4. The molecule has 3 nitrogen and oxygen atoms in total. The Morgan fingerprint density at radius 1 is 1.33 bits per heavy atom. The zero-order chi connectivity index (χ0) is 11.7. The van der Waals surface area contributed by atoms with E-state index >= 15 is 0 Å². The highest BCUT2D eigenvalue weighted by Crippen LogP contribution is 2.05. The standard InChI is InChI=1S/C12H25NO2/c1-5-11(6-2)9-13-12(14)8-7-10(3)15-4/h10-11H,5-9H2,1-4H3,(H,13,14). The summed E-state index contributed by atoms with van der Waals surface area (Å²) in [5.41, 5.74) is 0. The zero-order valence-corrected chi connectivity index (χ0v) is 10.5. The van der Waals surface area contributed by atoms with E-state index in [1.165, 1.54) is 0 Å². The highest BCUT2D eigenvalue weighted by molar-refractivity contribution is 5.75. The topological polar surface area (TPSA) is 38.3 Å². The number of ether oxygens (including phenoxy) is 1. The summed E-state index contributed by atoms with van der Waals surface area (Å²) < 4.78 is 5.09. The van der Waals surface area contributed by atoms with Gasteiger partial charge in [0, 0.05) is 20.1 Å². The minimum Gasteiger partial charge on any atom is -0.382 e. The van der Waals surface area contributed by atoms with E-state index in [4.69, 9.17) is 4.74 Å². The molecular formula is C12H25NO2. The third-order valence-corrected chi connectivity index (χ3v) is 2.92. The van der Waals surface area contributed by atoms with Crippen molar-refractivity contribution in [1.29, 1.82) is 0 Å². The molecule has 0 aromatic rings. The molecule has 0 fully saturated rings. The Kier molecular flexibility index (Phi) is 8.38. The monoisotopic (exact) mass is 215 g/mol. The van der Waals surface area contributed by atoms with Gasteiger partial charge in [-0.1, -0.05) is 26.7 Å². The van der Waals surface area contributed by atoms with Gasteiger partial charge < -0.3 is 10.1 Å². The van der Waals surface area contributed by atoms with Crippen molar-refractivity contribution in [1.82, 2.24) is 5.32 Å². The minimum absolute atomic E-state index is 0.144. The van der Waals surface area contributed by atoms with Crippen LogP contribution in [0.15, 0.2) is 0 Å². The van der Waals surface area contributed by atoms with E-state index in [1.54, 1.807) is 7.11 Å². The van der Waals surface area contributed by atoms with Gasteiger partial charge >= 0.3 is 0 Å². The number of nitrogens with one attached hydrogen (secondary N) is 1. The molecule has 1 unspecified atom stereocenters. The van der Waals surface area contributed by atoms with Crippen LogP contribution in [0.1, 0.15) is 46.5 Å². The lowest BCUT2D eigenvalue weighted by molar-refractivity contribution is -0.121. The molecule has 0 rings (SSSR count). The maximum atomic E-state index is 11.4. The number of carbonyl (C=O) groups excluding carboxylic acids is 1. The lowest BCUT2D eigenvalue weighted by atomic mass is 10.0. The van der Waals surface area contributed by atoms with Gasteiger partial charge in [-0.25, -0.2) is 0 Å². The summed E-state index contributed by atoms with van der Waals surface area (Å²) >= 11 is 0.